The normalized spacial score (nSPS) is 18.0. The second kappa shape index (κ2) is 11.8. The number of hydrogen-bond donors (Lipinski definition) is 2. The van der Waals surface area contributed by atoms with Crippen LogP contribution in [0.3, 0.4) is 0 Å². The molecule has 0 unspecified atom stereocenters. The summed E-state index contributed by atoms with van der Waals surface area (Å²) in [4.78, 5) is 41.0. The van der Waals surface area contributed by atoms with E-state index in [1.807, 2.05) is 48.5 Å². The van der Waals surface area contributed by atoms with Crippen LogP contribution in [0.2, 0.25) is 0 Å². The predicted molar refractivity (Wildman–Crippen MR) is 154 cm³/mol. The van der Waals surface area contributed by atoms with E-state index in [1.165, 1.54) is 26.2 Å². The highest BCUT2D eigenvalue weighted by molar-refractivity contribution is 6.06. The van der Waals surface area contributed by atoms with Crippen molar-refractivity contribution in [1.82, 2.24) is 0 Å². The van der Waals surface area contributed by atoms with Gasteiger partial charge in [0.15, 0.2) is 17.3 Å². The second-order valence-electron chi connectivity index (χ2n) is 9.99. The quantitative estimate of drug-likeness (QED) is 0.375. The number of para-hydroxylation sites is 2. The minimum absolute atomic E-state index is 0.0445. The van der Waals surface area contributed by atoms with Crippen molar-refractivity contribution in [2.45, 2.75) is 37.6 Å². The maximum Gasteiger partial charge on any atom is 0.303 e. The van der Waals surface area contributed by atoms with Crippen molar-refractivity contribution in [1.29, 1.82) is 0 Å². The summed E-state index contributed by atoms with van der Waals surface area (Å²) in [6, 6.07) is 19.8. The summed E-state index contributed by atoms with van der Waals surface area (Å²) < 4.78 is 16.8. The number of carboxylic acids is 1. The van der Waals surface area contributed by atoms with Gasteiger partial charge in [-0.25, -0.2) is 0 Å². The molecule has 2 N–H and O–H groups in total. The zero-order chi connectivity index (χ0) is 29.1. The monoisotopic (exact) mass is 556 g/mol. The number of Topliss-reactive ketones (excluding diaryl/α,β-unsaturated/α-hetero) is 1. The van der Waals surface area contributed by atoms with Crippen LogP contribution < -0.4 is 24.4 Å². The third-order valence-corrected chi connectivity index (χ3v) is 7.58. The Morgan fingerprint density at radius 3 is 2.17 bits per heavy atom. The molecule has 0 radical (unpaired) electrons. The first-order chi connectivity index (χ1) is 19.9. The van der Waals surface area contributed by atoms with Crippen molar-refractivity contribution in [2.24, 2.45) is 0 Å². The van der Waals surface area contributed by atoms with Gasteiger partial charge in [0.2, 0.25) is 11.7 Å². The number of ketones is 1. The van der Waals surface area contributed by atoms with E-state index in [-0.39, 0.29) is 31.0 Å². The van der Waals surface area contributed by atoms with E-state index in [9.17, 15) is 19.5 Å². The van der Waals surface area contributed by atoms with Crippen LogP contribution in [0, 0.1) is 0 Å². The highest BCUT2D eigenvalue weighted by Gasteiger charge is 2.42. The minimum Gasteiger partial charge on any atom is -0.493 e. The van der Waals surface area contributed by atoms with Crippen molar-refractivity contribution >= 4 is 29.0 Å². The summed E-state index contributed by atoms with van der Waals surface area (Å²) in [5.74, 6) is -0.527. The van der Waals surface area contributed by atoms with Crippen LogP contribution in [0.4, 0.5) is 11.4 Å². The Kier molecular flexibility index (Phi) is 7.96. The molecule has 9 nitrogen and oxygen atoms in total. The van der Waals surface area contributed by atoms with Gasteiger partial charge in [0, 0.05) is 24.1 Å². The first-order valence-corrected chi connectivity index (χ1v) is 13.4. The maximum absolute atomic E-state index is 14.1. The van der Waals surface area contributed by atoms with E-state index < -0.39 is 17.9 Å². The Labute approximate surface area is 238 Å². The number of allylic oxidation sites excluding steroid dienone is 1. The molecule has 1 aliphatic carbocycles. The molecule has 3 aromatic carbocycles. The number of amides is 1. The SMILES string of the molecule is COc1cc([C@H]2C3=C(C[C@@H](c4ccccc4)CC3=O)Nc3ccccc3N2C(=O)CCC(=O)O)cc(OC)c1OC. The third-order valence-electron chi connectivity index (χ3n) is 7.58. The van der Waals surface area contributed by atoms with Crippen LogP contribution in [0.25, 0.3) is 0 Å². The van der Waals surface area contributed by atoms with E-state index in [0.29, 0.717) is 46.2 Å². The Balaban J connectivity index is 1.75. The number of benzene rings is 3. The molecule has 212 valence electrons. The van der Waals surface area contributed by atoms with Crippen LogP contribution in [0.1, 0.15) is 48.8 Å². The average molecular weight is 557 g/mol. The lowest BCUT2D eigenvalue weighted by atomic mass is 9.78. The standard InChI is InChI=1S/C32H32N2O7/c1-39-26-17-21(18-27(40-2)32(26)41-3)31-30-23(15-20(16-25(30)35)19-9-5-4-6-10-19)33-22-11-7-8-12-24(22)34(31)28(36)13-14-29(37)38/h4-12,17-18,20,31,33H,13-16H2,1-3H3,(H,37,38)/t20-,31+/m1/s1. The zero-order valence-electron chi connectivity index (χ0n) is 23.2. The van der Waals surface area contributed by atoms with Crippen molar-refractivity contribution in [3.05, 3.63) is 89.1 Å². The molecule has 3 aromatic rings. The van der Waals surface area contributed by atoms with Crippen molar-refractivity contribution in [3.8, 4) is 17.2 Å². The van der Waals surface area contributed by atoms with Crippen molar-refractivity contribution in [3.63, 3.8) is 0 Å². The van der Waals surface area contributed by atoms with Gasteiger partial charge in [0.25, 0.3) is 0 Å². The number of hydrogen-bond acceptors (Lipinski definition) is 7. The molecule has 1 aliphatic heterocycles. The second-order valence-corrected chi connectivity index (χ2v) is 9.99. The Bertz CT molecular complexity index is 1490. The first-order valence-electron chi connectivity index (χ1n) is 13.4. The number of carbonyl (C=O) groups is 3. The van der Waals surface area contributed by atoms with Gasteiger partial charge in [0.05, 0.1) is 45.2 Å². The average Bonchev–Trinajstić information content (AvgIpc) is 3.14. The van der Waals surface area contributed by atoms with Gasteiger partial charge in [-0.15, -0.1) is 0 Å². The summed E-state index contributed by atoms with van der Waals surface area (Å²) in [5.41, 5.74) is 3.99. The molecular formula is C32H32N2O7. The third kappa shape index (κ3) is 5.35. The van der Waals surface area contributed by atoms with E-state index in [2.05, 4.69) is 5.32 Å². The molecule has 9 heteroatoms. The molecule has 5 rings (SSSR count). The number of aliphatic carboxylic acids is 1. The zero-order valence-corrected chi connectivity index (χ0v) is 23.2. The first kappa shape index (κ1) is 27.8. The van der Waals surface area contributed by atoms with Crippen LogP contribution in [-0.4, -0.2) is 44.1 Å². The van der Waals surface area contributed by atoms with Crippen LogP contribution in [-0.2, 0) is 14.4 Å². The smallest absolute Gasteiger partial charge is 0.303 e. The number of rotatable bonds is 8. The number of carbonyl (C=O) groups excluding carboxylic acids is 2. The molecule has 0 saturated carbocycles. The van der Waals surface area contributed by atoms with E-state index in [0.717, 1.165) is 11.3 Å². The number of nitrogens with one attached hydrogen (secondary N) is 1. The number of carboxylic acid groups (broad SMARTS) is 1. The van der Waals surface area contributed by atoms with Gasteiger partial charge in [-0.2, -0.15) is 0 Å². The lowest BCUT2D eigenvalue weighted by Gasteiger charge is -2.35. The van der Waals surface area contributed by atoms with E-state index in [1.54, 1.807) is 18.2 Å². The predicted octanol–water partition coefficient (Wildman–Crippen LogP) is 5.48. The van der Waals surface area contributed by atoms with Gasteiger partial charge < -0.3 is 24.6 Å². The van der Waals surface area contributed by atoms with Crippen molar-refractivity contribution < 1.29 is 33.7 Å². The van der Waals surface area contributed by atoms with Crippen LogP contribution in [0.15, 0.2) is 78.0 Å². The molecule has 0 spiro atoms. The van der Waals surface area contributed by atoms with Gasteiger partial charge in [0.1, 0.15) is 0 Å². The van der Waals surface area contributed by atoms with Gasteiger partial charge >= 0.3 is 5.97 Å². The number of ether oxygens (including phenoxy) is 3. The molecule has 2 atom stereocenters. The van der Waals surface area contributed by atoms with E-state index in [4.69, 9.17) is 14.2 Å². The van der Waals surface area contributed by atoms with Crippen LogP contribution in [0.5, 0.6) is 17.2 Å². The topological polar surface area (TPSA) is 114 Å². The summed E-state index contributed by atoms with van der Waals surface area (Å²) in [5, 5.41) is 12.8. The fourth-order valence-electron chi connectivity index (χ4n) is 5.74. The van der Waals surface area contributed by atoms with E-state index >= 15 is 0 Å². The summed E-state index contributed by atoms with van der Waals surface area (Å²) in [6.45, 7) is 0. The molecule has 2 aliphatic rings. The molecule has 1 heterocycles. The molecule has 1 amide bonds. The summed E-state index contributed by atoms with van der Waals surface area (Å²) >= 11 is 0. The molecule has 0 saturated heterocycles. The van der Waals surface area contributed by atoms with Crippen LogP contribution >= 0.6 is 0 Å². The summed E-state index contributed by atoms with van der Waals surface area (Å²) in [7, 11) is 4.51. The largest absolute Gasteiger partial charge is 0.493 e. The molecular weight excluding hydrogens is 524 g/mol. The number of anilines is 2. The van der Waals surface area contributed by atoms with Gasteiger partial charge in [-0.1, -0.05) is 42.5 Å². The minimum atomic E-state index is -1.08. The molecule has 41 heavy (non-hydrogen) atoms. The van der Waals surface area contributed by atoms with Gasteiger partial charge in [-0.3, -0.25) is 19.3 Å². The molecule has 0 bridgehead atoms. The lowest BCUT2D eigenvalue weighted by Crippen LogP contribution is -2.38. The fourth-order valence-corrected chi connectivity index (χ4v) is 5.74. The Morgan fingerprint density at radius 1 is 0.878 bits per heavy atom. The fraction of sp³-hybridized carbons (Fsp3) is 0.281. The highest BCUT2D eigenvalue weighted by Crippen LogP contribution is 2.50. The highest BCUT2D eigenvalue weighted by atomic mass is 16.5. The van der Waals surface area contributed by atoms with Gasteiger partial charge in [-0.05, 0) is 47.7 Å². The number of nitrogens with zero attached hydrogens (tertiary/aromatic N) is 1. The maximum atomic E-state index is 14.1. The lowest BCUT2D eigenvalue weighted by molar-refractivity contribution is -0.138. The van der Waals surface area contributed by atoms with Crippen molar-refractivity contribution in [2.75, 3.05) is 31.5 Å². The Hall–Kier alpha value is -4.79. The number of fused-ring (bicyclic) bond motifs is 1. The Morgan fingerprint density at radius 2 is 1.54 bits per heavy atom. The number of methoxy groups -OCH3 is 3. The molecule has 0 aromatic heterocycles. The summed E-state index contributed by atoms with van der Waals surface area (Å²) in [6.07, 6.45) is 0.229. The molecule has 0 fully saturated rings.